The average Bonchev–Trinajstić information content (AvgIpc) is 2.86. The summed E-state index contributed by atoms with van der Waals surface area (Å²) in [6, 6.07) is 21.2. The van der Waals surface area contributed by atoms with E-state index >= 15 is 0 Å². The van der Waals surface area contributed by atoms with Gasteiger partial charge in [-0.05, 0) is 47.5 Å². The Morgan fingerprint density at radius 3 is 1.94 bits per heavy atom. The summed E-state index contributed by atoms with van der Waals surface area (Å²) in [6.07, 6.45) is 0. The van der Waals surface area contributed by atoms with Crippen LogP contribution in [0.15, 0.2) is 88.7 Å². The Kier molecular flexibility index (Phi) is 8.62. The van der Waals surface area contributed by atoms with Crippen molar-refractivity contribution >= 4 is 26.0 Å². The van der Waals surface area contributed by atoms with Crippen LogP contribution >= 0.6 is 0 Å². The van der Waals surface area contributed by atoms with Crippen molar-refractivity contribution in [2.75, 3.05) is 20.7 Å². The van der Waals surface area contributed by atoms with E-state index in [1.54, 1.807) is 12.1 Å². The standard InChI is InChI=1S/C24H27N3O6S2/c1-27(2)35(31,32)23-12-8-20(9-13-23)16-25-24(28)18-33-21-10-14-22(15-11-21)34(29,30)26-17-19-6-4-3-5-7-19/h3-15,26H,16-18H2,1-2H3,(H,25,28). The predicted octanol–water partition coefficient (Wildman–Crippen LogP) is 2.11. The Hall–Kier alpha value is -3.25. The van der Waals surface area contributed by atoms with E-state index in [0.29, 0.717) is 5.75 Å². The molecule has 0 aromatic heterocycles. The Bertz CT molecular complexity index is 1340. The van der Waals surface area contributed by atoms with Gasteiger partial charge >= 0.3 is 0 Å². The highest BCUT2D eigenvalue weighted by molar-refractivity contribution is 7.89. The van der Waals surface area contributed by atoms with Gasteiger partial charge in [0.25, 0.3) is 5.91 Å². The molecule has 3 aromatic rings. The fraction of sp³-hybridized carbons (Fsp3) is 0.208. The van der Waals surface area contributed by atoms with Crippen molar-refractivity contribution in [3.8, 4) is 5.75 Å². The molecule has 0 fully saturated rings. The predicted molar refractivity (Wildman–Crippen MR) is 132 cm³/mol. The average molecular weight is 518 g/mol. The molecular formula is C24H27N3O6S2. The largest absolute Gasteiger partial charge is 0.484 e. The summed E-state index contributed by atoms with van der Waals surface area (Å²) in [5.74, 6) is -0.0309. The Morgan fingerprint density at radius 2 is 1.34 bits per heavy atom. The monoisotopic (exact) mass is 517 g/mol. The Labute approximate surface area is 205 Å². The third-order valence-corrected chi connectivity index (χ3v) is 8.25. The molecule has 0 aliphatic carbocycles. The SMILES string of the molecule is CN(C)S(=O)(=O)c1ccc(CNC(=O)COc2ccc(S(=O)(=O)NCc3ccccc3)cc2)cc1. The van der Waals surface area contributed by atoms with E-state index in [1.807, 2.05) is 30.3 Å². The molecular weight excluding hydrogens is 490 g/mol. The summed E-state index contributed by atoms with van der Waals surface area (Å²) in [6.45, 7) is 0.121. The van der Waals surface area contributed by atoms with Gasteiger partial charge in [-0.15, -0.1) is 0 Å². The topological polar surface area (TPSA) is 122 Å². The molecule has 3 aromatic carbocycles. The minimum Gasteiger partial charge on any atom is -0.484 e. The van der Waals surface area contributed by atoms with Crippen LogP contribution in [0.2, 0.25) is 0 Å². The molecule has 0 spiro atoms. The molecule has 0 aliphatic rings. The Balaban J connectivity index is 1.47. The summed E-state index contributed by atoms with van der Waals surface area (Å²) in [5.41, 5.74) is 1.57. The van der Waals surface area contributed by atoms with Gasteiger partial charge in [-0.25, -0.2) is 25.9 Å². The van der Waals surface area contributed by atoms with Crippen LogP contribution in [0.3, 0.4) is 0 Å². The van der Waals surface area contributed by atoms with Crippen molar-refractivity contribution in [2.24, 2.45) is 0 Å². The van der Waals surface area contributed by atoms with Crippen LogP contribution in [-0.4, -0.2) is 47.8 Å². The van der Waals surface area contributed by atoms with Gasteiger partial charge in [0.15, 0.2) is 6.61 Å². The van der Waals surface area contributed by atoms with Crippen molar-refractivity contribution in [3.05, 3.63) is 90.0 Å². The van der Waals surface area contributed by atoms with E-state index in [4.69, 9.17) is 4.74 Å². The second-order valence-corrected chi connectivity index (χ2v) is 11.7. The fourth-order valence-corrected chi connectivity index (χ4v) is 4.88. The third kappa shape index (κ3) is 7.36. The number of hydrogen-bond acceptors (Lipinski definition) is 6. The van der Waals surface area contributed by atoms with Gasteiger partial charge < -0.3 is 10.1 Å². The zero-order chi connectivity index (χ0) is 25.5. The number of nitrogens with zero attached hydrogens (tertiary/aromatic N) is 1. The highest BCUT2D eigenvalue weighted by atomic mass is 32.2. The lowest BCUT2D eigenvalue weighted by atomic mass is 10.2. The highest BCUT2D eigenvalue weighted by Gasteiger charge is 2.17. The summed E-state index contributed by atoms with van der Waals surface area (Å²) in [7, 11) is -4.28. The first kappa shape index (κ1) is 26.4. The number of hydrogen-bond donors (Lipinski definition) is 2. The number of rotatable bonds is 11. The molecule has 0 heterocycles. The van der Waals surface area contributed by atoms with Crippen LogP contribution in [0.4, 0.5) is 0 Å². The minimum absolute atomic E-state index is 0.0879. The number of amides is 1. The van der Waals surface area contributed by atoms with E-state index in [2.05, 4.69) is 10.0 Å². The molecule has 0 saturated carbocycles. The molecule has 35 heavy (non-hydrogen) atoms. The summed E-state index contributed by atoms with van der Waals surface area (Å²) in [4.78, 5) is 12.4. The van der Waals surface area contributed by atoms with Crippen LogP contribution in [0.25, 0.3) is 0 Å². The molecule has 0 saturated heterocycles. The number of benzene rings is 3. The number of sulfonamides is 2. The van der Waals surface area contributed by atoms with Gasteiger partial charge in [0.1, 0.15) is 5.75 Å². The molecule has 186 valence electrons. The van der Waals surface area contributed by atoms with Crippen LogP contribution in [0.5, 0.6) is 5.75 Å². The minimum atomic E-state index is -3.69. The number of nitrogens with one attached hydrogen (secondary N) is 2. The molecule has 3 rings (SSSR count). The van der Waals surface area contributed by atoms with Gasteiger partial charge in [-0.3, -0.25) is 4.79 Å². The fourth-order valence-electron chi connectivity index (χ4n) is 2.96. The van der Waals surface area contributed by atoms with Crippen molar-refractivity contribution < 1.29 is 26.4 Å². The van der Waals surface area contributed by atoms with Gasteiger partial charge in [-0.1, -0.05) is 42.5 Å². The lowest BCUT2D eigenvalue weighted by molar-refractivity contribution is -0.123. The van der Waals surface area contributed by atoms with Crippen molar-refractivity contribution in [2.45, 2.75) is 22.9 Å². The number of carbonyl (C=O) groups excluding carboxylic acids is 1. The molecule has 11 heteroatoms. The van der Waals surface area contributed by atoms with Crippen LogP contribution < -0.4 is 14.8 Å². The first-order valence-electron chi connectivity index (χ1n) is 10.6. The maximum absolute atomic E-state index is 12.5. The molecule has 1 amide bonds. The lowest BCUT2D eigenvalue weighted by Crippen LogP contribution is -2.28. The normalized spacial score (nSPS) is 11.9. The van der Waals surface area contributed by atoms with Crippen molar-refractivity contribution in [1.29, 1.82) is 0 Å². The zero-order valence-electron chi connectivity index (χ0n) is 19.3. The van der Waals surface area contributed by atoms with Crippen LogP contribution in [-0.2, 0) is 37.9 Å². The van der Waals surface area contributed by atoms with E-state index < -0.39 is 20.0 Å². The van der Waals surface area contributed by atoms with Gasteiger partial charge in [0.2, 0.25) is 20.0 Å². The summed E-state index contributed by atoms with van der Waals surface area (Å²) in [5, 5.41) is 2.69. The zero-order valence-corrected chi connectivity index (χ0v) is 21.0. The maximum Gasteiger partial charge on any atom is 0.258 e. The quantitative estimate of drug-likeness (QED) is 0.402. The smallest absolute Gasteiger partial charge is 0.258 e. The molecule has 0 aliphatic heterocycles. The second-order valence-electron chi connectivity index (χ2n) is 7.78. The van der Waals surface area contributed by atoms with Crippen LogP contribution in [0.1, 0.15) is 11.1 Å². The molecule has 0 bridgehead atoms. The number of carbonyl (C=O) groups is 1. The second kappa shape index (κ2) is 11.5. The molecule has 0 radical (unpaired) electrons. The van der Waals surface area contributed by atoms with E-state index in [-0.39, 0.29) is 35.4 Å². The first-order valence-corrected chi connectivity index (χ1v) is 13.5. The van der Waals surface area contributed by atoms with E-state index in [1.165, 1.54) is 50.5 Å². The number of ether oxygens (including phenoxy) is 1. The maximum atomic E-state index is 12.5. The van der Waals surface area contributed by atoms with Gasteiger partial charge in [0, 0.05) is 27.2 Å². The molecule has 0 unspecified atom stereocenters. The molecule has 9 nitrogen and oxygen atoms in total. The van der Waals surface area contributed by atoms with E-state index in [0.717, 1.165) is 15.4 Å². The lowest BCUT2D eigenvalue weighted by Gasteiger charge is -2.12. The van der Waals surface area contributed by atoms with Crippen molar-refractivity contribution in [3.63, 3.8) is 0 Å². The first-order chi connectivity index (χ1) is 16.6. The van der Waals surface area contributed by atoms with E-state index in [9.17, 15) is 21.6 Å². The van der Waals surface area contributed by atoms with Crippen LogP contribution in [0, 0.1) is 0 Å². The highest BCUT2D eigenvalue weighted by Crippen LogP contribution is 2.17. The van der Waals surface area contributed by atoms with Crippen molar-refractivity contribution in [1.82, 2.24) is 14.3 Å². The third-order valence-electron chi connectivity index (χ3n) is 5.00. The molecule has 2 N–H and O–H groups in total. The molecule has 0 atom stereocenters. The Morgan fingerprint density at radius 1 is 0.771 bits per heavy atom. The summed E-state index contributed by atoms with van der Waals surface area (Å²) >= 11 is 0. The van der Waals surface area contributed by atoms with Gasteiger partial charge in [-0.2, -0.15) is 0 Å². The summed E-state index contributed by atoms with van der Waals surface area (Å²) < 4.78 is 58.2. The van der Waals surface area contributed by atoms with Gasteiger partial charge in [0.05, 0.1) is 9.79 Å².